The Bertz CT molecular complexity index is 551. The van der Waals surface area contributed by atoms with E-state index in [1.165, 1.54) is 12.1 Å². The monoisotopic (exact) mass is 307 g/mol. The van der Waals surface area contributed by atoms with Gasteiger partial charge in [-0.3, -0.25) is 10.1 Å². The third-order valence-corrected chi connectivity index (χ3v) is 3.29. The summed E-state index contributed by atoms with van der Waals surface area (Å²) in [5, 5.41) is 13.9. The van der Waals surface area contributed by atoms with Crippen LogP contribution < -0.4 is 5.32 Å². The number of hydrogen-bond acceptors (Lipinski definition) is 5. The van der Waals surface area contributed by atoms with Crippen molar-refractivity contribution in [1.82, 2.24) is 4.90 Å². The van der Waals surface area contributed by atoms with Gasteiger partial charge >= 0.3 is 6.09 Å². The van der Waals surface area contributed by atoms with E-state index < -0.39 is 10.5 Å². The lowest BCUT2D eigenvalue weighted by Gasteiger charge is -2.24. The molecule has 1 aliphatic heterocycles. The standard InChI is InChI=1S/C15H21N3O4/c1-15(2,3)22-14(19)17-9-8-12(10-17)16-11-4-6-13(7-5-11)18(20)21/h4-7,12,16H,8-10H2,1-3H3/t12-/m0/s1. The van der Waals surface area contributed by atoms with Crippen LogP contribution in [-0.2, 0) is 4.74 Å². The molecule has 0 bridgehead atoms. The van der Waals surface area contributed by atoms with Crippen LogP contribution >= 0.6 is 0 Å². The number of hydrogen-bond donors (Lipinski definition) is 1. The molecule has 1 heterocycles. The molecule has 0 unspecified atom stereocenters. The van der Waals surface area contributed by atoms with E-state index in [4.69, 9.17) is 4.74 Å². The number of anilines is 1. The van der Waals surface area contributed by atoms with Crippen LogP contribution in [0, 0.1) is 10.1 Å². The molecule has 1 N–H and O–H groups in total. The molecular formula is C15H21N3O4. The number of carbonyl (C=O) groups excluding carboxylic acids is 1. The zero-order chi connectivity index (χ0) is 16.3. The molecule has 7 nitrogen and oxygen atoms in total. The highest BCUT2D eigenvalue weighted by Gasteiger charge is 2.29. The molecule has 1 aliphatic rings. The summed E-state index contributed by atoms with van der Waals surface area (Å²) in [6, 6.07) is 6.39. The molecule has 120 valence electrons. The van der Waals surface area contributed by atoms with E-state index in [1.807, 2.05) is 20.8 Å². The van der Waals surface area contributed by atoms with Gasteiger partial charge in [0.25, 0.3) is 5.69 Å². The fourth-order valence-electron chi connectivity index (χ4n) is 2.29. The lowest BCUT2D eigenvalue weighted by Crippen LogP contribution is -2.36. The summed E-state index contributed by atoms with van der Waals surface area (Å²) >= 11 is 0. The number of ether oxygens (including phenoxy) is 1. The number of nitrogens with one attached hydrogen (secondary N) is 1. The average Bonchev–Trinajstić information content (AvgIpc) is 2.86. The van der Waals surface area contributed by atoms with Gasteiger partial charge in [0.1, 0.15) is 5.60 Å². The van der Waals surface area contributed by atoms with Gasteiger partial charge in [-0.05, 0) is 39.3 Å². The number of nitro groups is 1. The van der Waals surface area contributed by atoms with E-state index in [0.29, 0.717) is 13.1 Å². The van der Waals surface area contributed by atoms with Gasteiger partial charge < -0.3 is 15.0 Å². The van der Waals surface area contributed by atoms with E-state index >= 15 is 0 Å². The fraction of sp³-hybridized carbons (Fsp3) is 0.533. The number of nitro benzene ring substituents is 1. The van der Waals surface area contributed by atoms with Crippen molar-refractivity contribution in [1.29, 1.82) is 0 Å². The highest BCUT2D eigenvalue weighted by atomic mass is 16.6. The van der Waals surface area contributed by atoms with Crippen molar-refractivity contribution in [3.8, 4) is 0 Å². The molecule has 0 aliphatic carbocycles. The highest BCUT2D eigenvalue weighted by Crippen LogP contribution is 2.20. The Morgan fingerprint density at radius 1 is 1.36 bits per heavy atom. The topological polar surface area (TPSA) is 84.7 Å². The molecule has 1 atom stereocenters. The van der Waals surface area contributed by atoms with Crippen LogP contribution in [0.25, 0.3) is 0 Å². The van der Waals surface area contributed by atoms with E-state index in [9.17, 15) is 14.9 Å². The molecule has 1 saturated heterocycles. The first kappa shape index (κ1) is 16.1. The summed E-state index contributed by atoms with van der Waals surface area (Å²) in [7, 11) is 0. The van der Waals surface area contributed by atoms with Gasteiger partial charge in [0.15, 0.2) is 0 Å². The van der Waals surface area contributed by atoms with Gasteiger partial charge in [0.2, 0.25) is 0 Å². The van der Waals surface area contributed by atoms with Gasteiger partial charge in [-0.1, -0.05) is 0 Å². The maximum atomic E-state index is 12.0. The molecule has 1 amide bonds. The Morgan fingerprint density at radius 2 is 2.00 bits per heavy atom. The molecular weight excluding hydrogens is 286 g/mol. The fourth-order valence-corrected chi connectivity index (χ4v) is 2.29. The zero-order valence-corrected chi connectivity index (χ0v) is 13.0. The van der Waals surface area contributed by atoms with Gasteiger partial charge in [-0.15, -0.1) is 0 Å². The summed E-state index contributed by atoms with van der Waals surface area (Å²) in [4.78, 5) is 23.8. The van der Waals surface area contributed by atoms with E-state index in [0.717, 1.165) is 12.1 Å². The lowest BCUT2D eigenvalue weighted by molar-refractivity contribution is -0.384. The molecule has 1 aromatic rings. The second-order valence-corrected chi connectivity index (χ2v) is 6.36. The van der Waals surface area contributed by atoms with E-state index in [-0.39, 0.29) is 17.8 Å². The zero-order valence-electron chi connectivity index (χ0n) is 13.0. The summed E-state index contributed by atoms with van der Waals surface area (Å²) in [5.41, 5.74) is 0.370. The Balaban J connectivity index is 1.88. The number of likely N-dealkylation sites (tertiary alicyclic amines) is 1. The average molecular weight is 307 g/mol. The van der Waals surface area contributed by atoms with Crippen LogP contribution in [-0.4, -0.2) is 40.6 Å². The second-order valence-electron chi connectivity index (χ2n) is 6.36. The maximum absolute atomic E-state index is 12.0. The number of non-ortho nitro benzene ring substituents is 1. The third-order valence-electron chi connectivity index (χ3n) is 3.29. The van der Waals surface area contributed by atoms with E-state index in [2.05, 4.69) is 5.32 Å². The molecule has 7 heteroatoms. The number of carbonyl (C=O) groups is 1. The maximum Gasteiger partial charge on any atom is 0.410 e. The second kappa shape index (κ2) is 6.21. The van der Waals surface area contributed by atoms with Crippen molar-refractivity contribution in [2.45, 2.75) is 38.8 Å². The van der Waals surface area contributed by atoms with Crippen molar-refractivity contribution < 1.29 is 14.5 Å². The van der Waals surface area contributed by atoms with Gasteiger partial charge in [-0.25, -0.2) is 4.79 Å². The number of rotatable bonds is 3. The Morgan fingerprint density at radius 3 is 2.55 bits per heavy atom. The van der Waals surface area contributed by atoms with Crippen LogP contribution in [0.15, 0.2) is 24.3 Å². The summed E-state index contributed by atoms with van der Waals surface area (Å²) in [6.07, 6.45) is 0.511. The lowest BCUT2D eigenvalue weighted by atomic mass is 10.2. The SMILES string of the molecule is CC(C)(C)OC(=O)N1CC[C@H](Nc2ccc([N+](=O)[O-])cc2)C1. The van der Waals surface area contributed by atoms with Crippen molar-refractivity contribution in [3.05, 3.63) is 34.4 Å². The molecule has 1 aromatic carbocycles. The normalized spacial score (nSPS) is 18.1. The molecule has 0 aromatic heterocycles. The molecule has 0 spiro atoms. The van der Waals surface area contributed by atoms with Crippen LogP contribution in [0.4, 0.5) is 16.2 Å². The van der Waals surface area contributed by atoms with Gasteiger partial charge in [0, 0.05) is 37.0 Å². The van der Waals surface area contributed by atoms with Crippen LogP contribution in [0.2, 0.25) is 0 Å². The highest BCUT2D eigenvalue weighted by molar-refractivity contribution is 5.68. The number of benzene rings is 1. The first-order valence-electron chi connectivity index (χ1n) is 7.23. The first-order valence-corrected chi connectivity index (χ1v) is 7.23. The third kappa shape index (κ3) is 4.34. The summed E-state index contributed by atoms with van der Waals surface area (Å²) in [6.45, 7) is 6.72. The van der Waals surface area contributed by atoms with Crippen molar-refractivity contribution in [2.75, 3.05) is 18.4 Å². The minimum Gasteiger partial charge on any atom is -0.444 e. The predicted octanol–water partition coefficient (Wildman–Crippen LogP) is 3.02. The van der Waals surface area contributed by atoms with E-state index in [1.54, 1.807) is 17.0 Å². The Labute approximate surface area is 129 Å². The van der Waals surface area contributed by atoms with Crippen LogP contribution in [0.5, 0.6) is 0 Å². The Kier molecular flexibility index (Phi) is 4.54. The largest absolute Gasteiger partial charge is 0.444 e. The molecule has 2 rings (SSSR count). The first-order chi connectivity index (χ1) is 10.2. The minimum atomic E-state index is -0.499. The van der Waals surface area contributed by atoms with Crippen molar-refractivity contribution >= 4 is 17.5 Å². The van der Waals surface area contributed by atoms with Gasteiger partial charge in [-0.2, -0.15) is 0 Å². The van der Waals surface area contributed by atoms with Crippen molar-refractivity contribution in [3.63, 3.8) is 0 Å². The molecule has 0 saturated carbocycles. The molecule has 1 fully saturated rings. The molecule has 0 radical (unpaired) electrons. The smallest absolute Gasteiger partial charge is 0.410 e. The van der Waals surface area contributed by atoms with Crippen LogP contribution in [0.1, 0.15) is 27.2 Å². The molecule has 22 heavy (non-hydrogen) atoms. The quantitative estimate of drug-likeness (QED) is 0.685. The number of nitrogens with zero attached hydrogens (tertiary/aromatic N) is 2. The summed E-state index contributed by atoms with van der Waals surface area (Å²) in [5.74, 6) is 0. The van der Waals surface area contributed by atoms with Crippen LogP contribution in [0.3, 0.4) is 0 Å². The summed E-state index contributed by atoms with van der Waals surface area (Å²) < 4.78 is 5.35. The van der Waals surface area contributed by atoms with Crippen molar-refractivity contribution in [2.24, 2.45) is 0 Å². The number of amides is 1. The van der Waals surface area contributed by atoms with Gasteiger partial charge in [0.05, 0.1) is 4.92 Å². The minimum absolute atomic E-state index is 0.0624. The Hall–Kier alpha value is -2.31. The predicted molar refractivity (Wildman–Crippen MR) is 82.9 cm³/mol.